The van der Waals surface area contributed by atoms with Crippen LogP contribution in [0.2, 0.25) is 0 Å². The summed E-state index contributed by atoms with van der Waals surface area (Å²) in [5.74, 6) is 0. The van der Waals surface area contributed by atoms with E-state index in [1.165, 1.54) is 0 Å². The molecule has 1 aromatic carbocycles. The van der Waals surface area contributed by atoms with Gasteiger partial charge in [-0.05, 0) is 18.9 Å². The van der Waals surface area contributed by atoms with Gasteiger partial charge in [0.25, 0.3) is 5.69 Å². The molecule has 1 unspecified atom stereocenters. The first kappa shape index (κ1) is 13.4. The Balaban J connectivity index is 3.27. The van der Waals surface area contributed by atoms with Gasteiger partial charge in [0.15, 0.2) is 0 Å². The number of halogens is 3. The van der Waals surface area contributed by atoms with Crippen LogP contribution >= 0.6 is 0 Å². The fraction of sp³-hybridized carbons (Fsp3) is 0.400. The Labute approximate surface area is 95.4 Å². The van der Waals surface area contributed by atoms with Crippen LogP contribution in [0, 0.1) is 10.1 Å². The van der Waals surface area contributed by atoms with Gasteiger partial charge in [-0.1, -0.05) is 6.07 Å². The van der Waals surface area contributed by atoms with E-state index in [0.717, 1.165) is 12.1 Å². The number of non-ortho nitro benzene ring substituents is 1. The van der Waals surface area contributed by atoms with Gasteiger partial charge in [0.1, 0.15) is 0 Å². The average Bonchev–Trinajstić information content (AvgIpc) is 2.15. The number of nitro benzene ring substituents is 1. The summed E-state index contributed by atoms with van der Waals surface area (Å²) in [4.78, 5) is 9.57. The fourth-order valence-electron chi connectivity index (χ4n) is 1.47. The molecule has 17 heavy (non-hydrogen) atoms. The van der Waals surface area contributed by atoms with Gasteiger partial charge >= 0.3 is 6.18 Å². The number of rotatable bonds is 3. The summed E-state index contributed by atoms with van der Waals surface area (Å²) in [5, 5.41) is 10.4. The maximum absolute atomic E-state index is 12.7. The summed E-state index contributed by atoms with van der Waals surface area (Å²) in [6, 6.07) is 2.24. The van der Waals surface area contributed by atoms with E-state index in [9.17, 15) is 23.3 Å². The van der Waals surface area contributed by atoms with Crippen LogP contribution in [0.3, 0.4) is 0 Å². The molecule has 0 heterocycles. The van der Waals surface area contributed by atoms with E-state index in [1.54, 1.807) is 6.92 Å². The predicted molar refractivity (Wildman–Crippen MR) is 55.5 cm³/mol. The minimum absolute atomic E-state index is 0.0207. The van der Waals surface area contributed by atoms with Crippen LogP contribution in [0.1, 0.15) is 18.1 Å². The largest absolute Gasteiger partial charge is 0.416 e. The number of nitro groups is 1. The van der Waals surface area contributed by atoms with Crippen molar-refractivity contribution in [3.8, 4) is 0 Å². The second-order valence-corrected chi connectivity index (χ2v) is 3.78. The van der Waals surface area contributed by atoms with Crippen LogP contribution in [-0.4, -0.2) is 11.0 Å². The lowest BCUT2D eigenvalue weighted by molar-refractivity contribution is -0.385. The molecular formula is C10H11F3N2O2. The molecule has 2 N–H and O–H groups in total. The van der Waals surface area contributed by atoms with Crippen LogP contribution in [0.5, 0.6) is 0 Å². The van der Waals surface area contributed by atoms with Gasteiger partial charge in [-0.25, -0.2) is 0 Å². The highest BCUT2D eigenvalue weighted by molar-refractivity contribution is 5.41. The van der Waals surface area contributed by atoms with Crippen molar-refractivity contribution in [3.63, 3.8) is 0 Å². The molecule has 1 aromatic rings. The molecular weight excluding hydrogens is 237 g/mol. The van der Waals surface area contributed by atoms with E-state index in [2.05, 4.69) is 0 Å². The molecule has 94 valence electrons. The molecule has 0 aliphatic rings. The Bertz CT molecular complexity index is 430. The first-order valence-electron chi connectivity index (χ1n) is 4.82. The van der Waals surface area contributed by atoms with Crippen molar-refractivity contribution in [1.29, 1.82) is 0 Å². The quantitative estimate of drug-likeness (QED) is 0.660. The molecule has 0 bridgehead atoms. The van der Waals surface area contributed by atoms with Gasteiger partial charge in [-0.3, -0.25) is 10.1 Å². The molecule has 0 spiro atoms. The Kier molecular flexibility index (Phi) is 3.72. The standard InChI is InChI=1S/C10H11F3N2O2/c1-6(14)4-7-2-3-8(15(16)17)5-9(7)10(11,12)13/h2-3,5-6H,4,14H2,1H3. The van der Waals surface area contributed by atoms with Crippen molar-refractivity contribution in [1.82, 2.24) is 0 Å². The van der Waals surface area contributed by atoms with E-state index in [-0.39, 0.29) is 12.0 Å². The summed E-state index contributed by atoms with van der Waals surface area (Å²) in [6.45, 7) is 1.57. The van der Waals surface area contributed by atoms with Gasteiger partial charge in [-0.15, -0.1) is 0 Å². The normalized spacial score (nSPS) is 13.5. The molecule has 4 nitrogen and oxygen atoms in total. The molecule has 0 saturated carbocycles. The Morgan fingerprint density at radius 2 is 2.06 bits per heavy atom. The molecule has 0 aliphatic heterocycles. The summed E-state index contributed by atoms with van der Waals surface area (Å²) in [7, 11) is 0. The lowest BCUT2D eigenvalue weighted by atomic mass is 10.00. The van der Waals surface area contributed by atoms with Crippen LogP contribution < -0.4 is 5.73 Å². The summed E-state index contributed by atoms with van der Waals surface area (Å²) in [6.07, 6.45) is -4.59. The van der Waals surface area contributed by atoms with Crippen LogP contribution in [-0.2, 0) is 12.6 Å². The number of alkyl halides is 3. The molecule has 0 saturated heterocycles. The average molecular weight is 248 g/mol. The van der Waals surface area contributed by atoms with Gasteiger partial charge in [0.2, 0.25) is 0 Å². The second kappa shape index (κ2) is 4.70. The molecule has 1 atom stereocenters. The number of nitrogens with two attached hydrogens (primary N) is 1. The monoisotopic (exact) mass is 248 g/mol. The molecule has 7 heteroatoms. The highest BCUT2D eigenvalue weighted by Gasteiger charge is 2.34. The Morgan fingerprint density at radius 1 is 1.47 bits per heavy atom. The lowest BCUT2D eigenvalue weighted by Gasteiger charge is -2.13. The van der Waals surface area contributed by atoms with Crippen molar-refractivity contribution in [3.05, 3.63) is 39.4 Å². The maximum Gasteiger partial charge on any atom is 0.416 e. The third-order valence-corrected chi connectivity index (χ3v) is 2.15. The third kappa shape index (κ3) is 3.42. The summed E-state index contributed by atoms with van der Waals surface area (Å²) < 4.78 is 38.0. The number of benzene rings is 1. The van der Waals surface area contributed by atoms with Crippen molar-refractivity contribution in [2.24, 2.45) is 5.73 Å². The minimum atomic E-state index is -4.61. The van der Waals surface area contributed by atoms with E-state index in [4.69, 9.17) is 5.73 Å². The molecule has 0 radical (unpaired) electrons. The molecule has 0 aliphatic carbocycles. The zero-order valence-electron chi connectivity index (χ0n) is 8.99. The molecule has 0 aromatic heterocycles. The molecule has 0 fully saturated rings. The van der Waals surface area contributed by atoms with Crippen molar-refractivity contribution >= 4 is 5.69 Å². The Hall–Kier alpha value is -1.63. The number of hydrogen-bond acceptors (Lipinski definition) is 3. The topological polar surface area (TPSA) is 69.2 Å². The Morgan fingerprint density at radius 3 is 2.47 bits per heavy atom. The number of nitrogens with zero attached hydrogens (tertiary/aromatic N) is 1. The first-order chi connectivity index (χ1) is 7.71. The number of hydrogen-bond donors (Lipinski definition) is 1. The fourth-order valence-corrected chi connectivity index (χ4v) is 1.47. The van der Waals surface area contributed by atoms with Crippen molar-refractivity contribution in [2.75, 3.05) is 0 Å². The smallest absolute Gasteiger partial charge is 0.328 e. The zero-order valence-corrected chi connectivity index (χ0v) is 8.99. The SMILES string of the molecule is CC(N)Cc1ccc([N+](=O)[O-])cc1C(F)(F)F. The lowest BCUT2D eigenvalue weighted by Crippen LogP contribution is -2.20. The van der Waals surface area contributed by atoms with Crippen molar-refractivity contribution < 1.29 is 18.1 Å². The zero-order chi connectivity index (χ0) is 13.2. The van der Waals surface area contributed by atoms with E-state index >= 15 is 0 Å². The van der Waals surface area contributed by atoms with Gasteiger partial charge in [-0.2, -0.15) is 13.2 Å². The minimum Gasteiger partial charge on any atom is -0.328 e. The third-order valence-electron chi connectivity index (χ3n) is 2.15. The van der Waals surface area contributed by atoms with E-state index in [1.807, 2.05) is 0 Å². The first-order valence-corrected chi connectivity index (χ1v) is 4.82. The van der Waals surface area contributed by atoms with Crippen molar-refractivity contribution in [2.45, 2.75) is 25.6 Å². The second-order valence-electron chi connectivity index (χ2n) is 3.78. The van der Waals surface area contributed by atoms with Crippen LogP contribution in [0.25, 0.3) is 0 Å². The van der Waals surface area contributed by atoms with Gasteiger partial charge in [0, 0.05) is 18.2 Å². The van der Waals surface area contributed by atoms with Gasteiger partial charge in [0.05, 0.1) is 10.5 Å². The van der Waals surface area contributed by atoms with Crippen LogP contribution in [0.15, 0.2) is 18.2 Å². The summed E-state index contributed by atoms with van der Waals surface area (Å²) >= 11 is 0. The highest BCUT2D eigenvalue weighted by Crippen LogP contribution is 2.34. The van der Waals surface area contributed by atoms with Crippen LogP contribution in [0.4, 0.5) is 18.9 Å². The van der Waals surface area contributed by atoms with E-state index in [0.29, 0.717) is 6.07 Å². The summed E-state index contributed by atoms with van der Waals surface area (Å²) in [5.41, 5.74) is 3.83. The van der Waals surface area contributed by atoms with Gasteiger partial charge < -0.3 is 5.73 Å². The molecule has 0 amide bonds. The van der Waals surface area contributed by atoms with E-state index < -0.39 is 28.4 Å². The highest BCUT2D eigenvalue weighted by atomic mass is 19.4. The molecule has 1 rings (SSSR count). The maximum atomic E-state index is 12.7. The predicted octanol–water partition coefficient (Wildman–Crippen LogP) is 2.50.